The van der Waals surface area contributed by atoms with Gasteiger partial charge in [0, 0.05) is 6.07 Å². The van der Waals surface area contributed by atoms with E-state index in [1.165, 1.54) is 24.3 Å². The third-order valence-corrected chi connectivity index (χ3v) is 3.17. The molecular weight excluding hydrogens is 353 g/mol. The Morgan fingerprint density at radius 1 is 0.917 bits per heavy atom. The highest BCUT2D eigenvalue weighted by molar-refractivity contribution is 7.81. The SMILES string of the molecule is O=[N+]([O-])c1ccccc1NC(=S)NNC(=S)Nc1ccccc1F. The van der Waals surface area contributed by atoms with Crippen LogP contribution in [0.25, 0.3) is 0 Å². The van der Waals surface area contributed by atoms with Gasteiger partial charge >= 0.3 is 0 Å². The number of para-hydroxylation sites is 3. The van der Waals surface area contributed by atoms with Gasteiger partial charge in [-0.3, -0.25) is 21.0 Å². The van der Waals surface area contributed by atoms with Crippen molar-refractivity contribution in [1.29, 1.82) is 0 Å². The fraction of sp³-hybridized carbons (Fsp3) is 0. The molecule has 2 rings (SSSR count). The summed E-state index contributed by atoms with van der Waals surface area (Å²) in [7, 11) is 0. The molecule has 0 saturated carbocycles. The van der Waals surface area contributed by atoms with Gasteiger partial charge in [-0.05, 0) is 42.6 Å². The monoisotopic (exact) mass is 365 g/mol. The molecule has 0 unspecified atom stereocenters. The van der Waals surface area contributed by atoms with Gasteiger partial charge in [0.25, 0.3) is 5.69 Å². The van der Waals surface area contributed by atoms with Crippen LogP contribution in [0.2, 0.25) is 0 Å². The number of benzene rings is 2. The van der Waals surface area contributed by atoms with Gasteiger partial charge in [-0.1, -0.05) is 24.3 Å². The molecule has 0 aliphatic carbocycles. The summed E-state index contributed by atoms with van der Waals surface area (Å²) in [5, 5.41) is 16.4. The minimum Gasteiger partial charge on any atom is -0.329 e. The highest BCUT2D eigenvalue weighted by Gasteiger charge is 2.13. The van der Waals surface area contributed by atoms with E-state index in [9.17, 15) is 14.5 Å². The van der Waals surface area contributed by atoms with E-state index in [0.717, 1.165) is 0 Å². The number of hydrogen-bond donors (Lipinski definition) is 4. The molecule has 0 radical (unpaired) electrons. The van der Waals surface area contributed by atoms with Crippen LogP contribution in [0.4, 0.5) is 21.5 Å². The summed E-state index contributed by atoms with van der Waals surface area (Å²) in [5.41, 5.74) is 5.43. The molecule has 7 nitrogen and oxygen atoms in total. The van der Waals surface area contributed by atoms with Crippen molar-refractivity contribution >= 4 is 51.7 Å². The number of anilines is 2. The number of hydrazine groups is 1. The second-order valence-electron chi connectivity index (χ2n) is 4.41. The lowest BCUT2D eigenvalue weighted by Gasteiger charge is -2.14. The van der Waals surface area contributed by atoms with E-state index in [-0.39, 0.29) is 27.3 Å². The normalized spacial score (nSPS) is 9.71. The molecule has 0 heterocycles. The van der Waals surface area contributed by atoms with Gasteiger partial charge in [-0.2, -0.15) is 0 Å². The zero-order chi connectivity index (χ0) is 17.5. The number of rotatable bonds is 3. The highest BCUT2D eigenvalue weighted by atomic mass is 32.1. The lowest BCUT2D eigenvalue weighted by Crippen LogP contribution is -2.45. The fourth-order valence-electron chi connectivity index (χ4n) is 1.72. The Labute approximate surface area is 147 Å². The summed E-state index contributed by atoms with van der Waals surface area (Å²) >= 11 is 10.0. The predicted octanol–water partition coefficient (Wildman–Crippen LogP) is 2.92. The maximum atomic E-state index is 13.5. The molecule has 0 bridgehead atoms. The van der Waals surface area contributed by atoms with Crippen LogP contribution in [0, 0.1) is 15.9 Å². The van der Waals surface area contributed by atoms with Gasteiger partial charge in [-0.25, -0.2) is 4.39 Å². The predicted molar refractivity (Wildman–Crippen MR) is 98.2 cm³/mol. The molecule has 0 aromatic heterocycles. The molecule has 0 atom stereocenters. The topological polar surface area (TPSA) is 91.3 Å². The van der Waals surface area contributed by atoms with Gasteiger partial charge in [0.05, 0.1) is 10.6 Å². The van der Waals surface area contributed by atoms with E-state index >= 15 is 0 Å². The van der Waals surface area contributed by atoms with Gasteiger partial charge in [0.1, 0.15) is 11.5 Å². The molecule has 2 aromatic carbocycles. The Hall–Kier alpha value is -2.85. The summed E-state index contributed by atoms with van der Waals surface area (Å²) in [5.74, 6) is -0.456. The van der Waals surface area contributed by atoms with E-state index in [1.54, 1.807) is 24.3 Å². The molecule has 0 amide bonds. The van der Waals surface area contributed by atoms with Crippen LogP contribution in [0.3, 0.4) is 0 Å². The number of nitrogens with zero attached hydrogens (tertiary/aromatic N) is 1. The van der Waals surface area contributed by atoms with E-state index in [4.69, 9.17) is 24.4 Å². The minimum atomic E-state index is -0.525. The maximum Gasteiger partial charge on any atom is 0.292 e. The van der Waals surface area contributed by atoms with Crippen molar-refractivity contribution in [2.75, 3.05) is 10.6 Å². The van der Waals surface area contributed by atoms with Crippen molar-refractivity contribution in [3.8, 4) is 0 Å². The van der Waals surface area contributed by atoms with Crippen molar-refractivity contribution in [3.05, 3.63) is 64.5 Å². The first-order valence-electron chi connectivity index (χ1n) is 6.59. The summed E-state index contributed by atoms with van der Waals surface area (Å²) < 4.78 is 13.5. The first-order chi connectivity index (χ1) is 11.5. The van der Waals surface area contributed by atoms with Crippen LogP contribution in [0.5, 0.6) is 0 Å². The molecule has 0 fully saturated rings. The smallest absolute Gasteiger partial charge is 0.292 e. The second kappa shape index (κ2) is 8.13. The molecule has 24 heavy (non-hydrogen) atoms. The van der Waals surface area contributed by atoms with Crippen LogP contribution < -0.4 is 21.5 Å². The van der Waals surface area contributed by atoms with Gasteiger partial charge in [-0.15, -0.1) is 0 Å². The molecule has 124 valence electrons. The van der Waals surface area contributed by atoms with Crippen LogP contribution in [-0.4, -0.2) is 15.1 Å². The average Bonchev–Trinajstić information content (AvgIpc) is 2.55. The summed E-state index contributed by atoms with van der Waals surface area (Å²) in [6, 6.07) is 12.1. The van der Waals surface area contributed by atoms with E-state index in [2.05, 4.69) is 21.5 Å². The summed E-state index contributed by atoms with van der Waals surface area (Å²) in [6.07, 6.45) is 0. The molecule has 0 aliphatic heterocycles. The zero-order valence-electron chi connectivity index (χ0n) is 12.1. The van der Waals surface area contributed by atoms with Crippen molar-refractivity contribution in [3.63, 3.8) is 0 Å². The molecule has 4 N–H and O–H groups in total. The van der Waals surface area contributed by atoms with Crippen LogP contribution in [0.1, 0.15) is 0 Å². The number of nitrogens with one attached hydrogen (secondary N) is 4. The standard InChI is InChI=1S/C14H12FN5O2S2/c15-9-5-1-2-6-10(9)16-13(23)18-19-14(24)17-11-7-3-4-8-12(11)20(21)22/h1-8H,(H2,16,18,23)(H2,17,19,24). The Morgan fingerprint density at radius 3 is 2.00 bits per heavy atom. The van der Waals surface area contributed by atoms with Crippen molar-refractivity contribution in [2.24, 2.45) is 0 Å². The Bertz CT molecular complexity index is 787. The molecule has 0 aliphatic rings. The number of nitro groups is 1. The Balaban J connectivity index is 1.89. The number of thiocarbonyl (C=S) groups is 2. The lowest BCUT2D eigenvalue weighted by atomic mass is 10.3. The van der Waals surface area contributed by atoms with Crippen LogP contribution in [-0.2, 0) is 0 Å². The van der Waals surface area contributed by atoms with E-state index < -0.39 is 10.7 Å². The third kappa shape index (κ3) is 4.83. The van der Waals surface area contributed by atoms with Crippen molar-refractivity contribution < 1.29 is 9.31 Å². The van der Waals surface area contributed by atoms with Crippen molar-refractivity contribution in [1.82, 2.24) is 10.9 Å². The van der Waals surface area contributed by atoms with Crippen LogP contribution in [0.15, 0.2) is 48.5 Å². The molecular formula is C14H12FN5O2S2. The number of hydrogen-bond acceptors (Lipinski definition) is 4. The van der Waals surface area contributed by atoms with Gasteiger partial charge in [0.15, 0.2) is 10.2 Å². The summed E-state index contributed by atoms with van der Waals surface area (Å²) in [6.45, 7) is 0. The highest BCUT2D eigenvalue weighted by Crippen LogP contribution is 2.22. The zero-order valence-corrected chi connectivity index (χ0v) is 13.7. The molecule has 2 aromatic rings. The average molecular weight is 365 g/mol. The van der Waals surface area contributed by atoms with Crippen LogP contribution >= 0.6 is 24.4 Å². The summed E-state index contributed by atoms with van der Waals surface area (Å²) in [4.78, 5) is 10.4. The maximum absolute atomic E-state index is 13.5. The second-order valence-corrected chi connectivity index (χ2v) is 5.23. The van der Waals surface area contributed by atoms with E-state index in [0.29, 0.717) is 0 Å². The number of nitro benzene ring substituents is 1. The number of halogens is 1. The third-order valence-electron chi connectivity index (χ3n) is 2.76. The molecule has 10 heteroatoms. The lowest BCUT2D eigenvalue weighted by molar-refractivity contribution is -0.383. The quantitative estimate of drug-likeness (QED) is 0.375. The molecule has 0 spiro atoms. The molecule has 0 saturated heterocycles. The van der Waals surface area contributed by atoms with E-state index in [1.807, 2.05) is 0 Å². The largest absolute Gasteiger partial charge is 0.329 e. The van der Waals surface area contributed by atoms with Gasteiger partial charge < -0.3 is 10.6 Å². The van der Waals surface area contributed by atoms with Crippen molar-refractivity contribution in [2.45, 2.75) is 0 Å². The minimum absolute atomic E-state index is 0.0574. The fourth-order valence-corrected chi connectivity index (χ4v) is 2.04. The van der Waals surface area contributed by atoms with Gasteiger partial charge in [0.2, 0.25) is 0 Å². The first-order valence-corrected chi connectivity index (χ1v) is 7.41. The first kappa shape index (κ1) is 17.5. The Morgan fingerprint density at radius 2 is 1.42 bits per heavy atom. The Kier molecular flexibility index (Phi) is 5.93.